The standard InChI is InChI=1S/C14H20N4O/c1-10-8-14(2,11-4-5-11)17-13(19)12(10)9-18(15)7-3-6-16-18/h3,6-7,11H,4-5,8-9,15H2,1-2H3/p+1. The third kappa shape index (κ3) is 2.24. The second kappa shape index (κ2) is 4.02. The third-order valence-electron chi connectivity index (χ3n) is 4.42. The Morgan fingerprint density at radius 2 is 2.32 bits per heavy atom. The van der Waals surface area contributed by atoms with Gasteiger partial charge in [0, 0.05) is 11.6 Å². The van der Waals surface area contributed by atoms with E-state index in [1.54, 1.807) is 12.4 Å². The normalized spacial score (nSPS) is 37.9. The molecule has 3 rings (SSSR count). The lowest BCUT2D eigenvalue weighted by Gasteiger charge is -2.37. The molecule has 102 valence electrons. The van der Waals surface area contributed by atoms with Gasteiger partial charge in [-0.2, -0.15) is 0 Å². The number of hydrogen-bond donors (Lipinski definition) is 2. The number of hydrogen-bond acceptors (Lipinski definition) is 3. The summed E-state index contributed by atoms with van der Waals surface area (Å²) in [5, 5.41) is 7.37. The van der Waals surface area contributed by atoms with Crippen LogP contribution in [0, 0.1) is 5.92 Å². The number of carbonyl (C=O) groups is 1. The molecule has 1 amide bonds. The van der Waals surface area contributed by atoms with Crippen molar-refractivity contribution in [1.82, 2.24) is 5.32 Å². The van der Waals surface area contributed by atoms with Crippen molar-refractivity contribution < 1.29 is 9.50 Å². The number of quaternary nitrogens is 1. The molecule has 0 spiro atoms. The fraction of sp³-hybridized carbons (Fsp3) is 0.571. The van der Waals surface area contributed by atoms with Crippen molar-refractivity contribution in [3.05, 3.63) is 23.4 Å². The molecule has 2 heterocycles. The van der Waals surface area contributed by atoms with E-state index in [0.717, 1.165) is 17.6 Å². The predicted molar refractivity (Wildman–Crippen MR) is 73.5 cm³/mol. The van der Waals surface area contributed by atoms with Gasteiger partial charge in [-0.15, -0.1) is 5.84 Å². The zero-order valence-corrected chi connectivity index (χ0v) is 11.5. The summed E-state index contributed by atoms with van der Waals surface area (Å²) in [4.78, 5) is 12.4. The average molecular weight is 261 g/mol. The van der Waals surface area contributed by atoms with Crippen molar-refractivity contribution >= 4 is 12.1 Å². The lowest BCUT2D eigenvalue weighted by molar-refractivity contribution is -0.890. The minimum absolute atomic E-state index is 0.0246. The summed E-state index contributed by atoms with van der Waals surface area (Å²) < 4.78 is -0.0553. The fourth-order valence-electron chi connectivity index (χ4n) is 3.14. The molecular formula is C14H21N4O+. The number of amides is 1. The summed E-state index contributed by atoms with van der Waals surface area (Å²) in [6, 6.07) is 0. The molecule has 1 fully saturated rings. The first-order valence-electron chi connectivity index (χ1n) is 6.83. The van der Waals surface area contributed by atoms with Crippen molar-refractivity contribution in [2.75, 3.05) is 6.54 Å². The molecule has 2 unspecified atom stereocenters. The van der Waals surface area contributed by atoms with Crippen molar-refractivity contribution in [3.63, 3.8) is 0 Å². The van der Waals surface area contributed by atoms with Crippen LogP contribution in [0.4, 0.5) is 0 Å². The second-order valence-electron chi connectivity index (χ2n) is 6.23. The Kier molecular flexibility index (Phi) is 2.66. The van der Waals surface area contributed by atoms with Crippen LogP contribution in [0.3, 0.4) is 0 Å². The minimum Gasteiger partial charge on any atom is -0.346 e. The van der Waals surface area contributed by atoms with Crippen molar-refractivity contribution in [1.29, 1.82) is 0 Å². The zero-order valence-electron chi connectivity index (χ0n) is 11.5. The number of nitrogens with zero attached hydrogens (tertiary/aromatic N) is 2. The van der Waals surface area contributed by atoms with Gasteiger partial charge in [0.05, 0.1) is 11.8 Å². The number of nitrogens with one attached hydrogen (secondary N) is 1. The highest BCUT2D eigenvalue weighted by Crippen LogP contribution is 2.44. The number of nitrogens with two attached hydrogens (primary N) is 1. The summed E-state index contributed by atoms with van der Waals surface area (Å²) in [6.45, 7) is 4.62. The Morgan fingerprint density at radius 1 is 1.58 bits per heavy atom. The largest absolute Gasteiger partial charge is 0.346 e. The van der Waals surface area contributed by atoms with Crippen LogP contribution in [0.1, 0.15) is 33.1 Å². The summed E-state index contributed by atoms with van der Waals surface area (Å²) in [5.74, 6) is 6.76. The van der Waals surface area contributed by atoms with Gasteiger partial charge < -0.3 is 5.32 Å². The summed E-state index contributed by atoms with van der Waals surface area (Å²) in [7, 11) is 0. The van der Waals surface area contributed by atoms with Crippen molar-refractivity contribution in [2.24, 2.45) is 16.9 Å². The molecule has 0 aromatic heterocycles. The van der Waals surface area contributed by atoms with Gasteiger partial charge in [-0.05, 0) is 39.0 Å². The smallest absolute Gasteiger partial charge is 0.253 e. The van der Waals surface area contributed by atoms with Gasteiger partial charge >= 0.3 is 0 Å². The Hall–Kier alpha value is -1.46. The van der Waals surface area contributed by atoms with Crippen LogP contribution in [0.15, 0.2) is 28.5 Å². The van der Waals surface area contributed by atoms with Crippen molar-refractivity contribution in [2.45, 2.75) is 38.6 Å². The summed E-state index contributed by atoms with van der Waals surface area (Å²) in [6.07, 6.45) is 8.65. The average Bonchev–Trinajstić information content (AvgIpc) is 3.09. The van der Waals surface area contributed by atoms with E-state index in [-0.39, 0.29) is 16.1 Å². The topological polar surface area (TPSA) is 67.5 Å². The van der Waals surface area contributed by atoms with Gasteiger partial charge in [0.1, 0.15) is 6.20 Å². The van der Waals surface area contributed by atoms with Crippen LogP contribution in [0.5, 0.6) is 0 Å². The highest BCUT2D eigenvalue weighted by molar-refractivity contribution is 5.96. The Morgan fingerprint density at radius 3 is 2.84 bits per heavy atom. The van der Waals surface area contributed by atoms with Gasteiger partial charge in [-0.1, -0.05) is 15.4 Å². The highest BCUT2D eigenvalue weighted by Gasteiger charge is 2.46. The molecule has 0 aromatic rings. The lowest BCUT2D eigenvalue weighted by atomic mass is 9.82. The highest BCUT2D eigenvalue weighted by atomic mass is 16.2. The van der Waals surface area contributed by atoms with Crippen LogP contribution in [-0.2, 0) is 4.79 Å². The van der Waals surface area contributed by atoms with Gasteiger partial charge in [0.15, 0.2) is 6.54 Å². The van der Waals surface area contributed by atoms with E-state index in [4.69, 9.17) is 5.84 Å². The maximum atomic E-state index is 12.4. The van der Waals surface area contributed by atoms with Gasteiger partial charge in [0.25, 0.3) is 5.91 Å². The van der Waals surface area contributed by atoms with E-state index in [2.05, 4.69) is 17.3 Å². The molecule has 1 aliphatic carbocycles. The van der Waals surface area contributed by atoms with Crippen LogP contribution in [0.25, 0.3) is 0 Å². The molecule has 3 aliphatic rings. The molecule has 5 nitrogen and oxygen atoms in total. The molecular weight excluding hydrogens is 240 g/mol. The van der Waals surface area contributed by atoms with Crippen LogP contribution >= 0.6 is 0 Å². The molecule has 19 heavy (non-hydrogen) atoms. The first-order valence-corrected chi connectivity index (χ1v) is 6.83. The molecule has 1 saturated carbocycles. The molecule has 2 atom stereocenters. The third-order valence-corrected chi connectivity index (χ3v) is 4.42. The molecule has 2 aliphatic heterocycles. The molecule has 0 aromatic carbocycles. The molecule has 5 heteroatoms. The van der Waals surface area contributed by atoms with E-state index in [0.29, 0.717) is 12.5 Å². The van der Waals surface area contributed by atoms with Crippen molar-refractivity contribution in [3.8, 4) is 0 Å². The minimum atomic E-state index is -0.0613. The Bertz CT molecular complexity index is 504. The molecule has 3 N–H and O–H groups in total. The Balaban J connectivity index is 1.83. The Labute approximate surface area is 113 Å². The van der Waals surface area contributed by atoms with Gasteiger partial charge in [-0.25, -0.2) is 0 Å². The van der Waals surface area contributed by atoms with E-state index in [9.17, 15) is 4.79 Å². The first kappa shape index (κ1) is 12.6. The fourth-order valence-corrected chi connectivity index (χ4v) is 3.14. The predicted octanol–water partition coefficient (Wildman–Crippen LogP) is 1.20. The lowest BCUT2D eigenvalue weighted by Crippen LogP contribution is -2.55. The molecule has 0 radical (unpaired) electrons. The van der Waals surface area contributed by atoms with E-state index in [1.165, 1.54) is 12.8 Å². The monoisotopic (exact) mass is 261 g/mol. The maximum Gasteiger partial charge on any atom is 0.253 e. The molecule has 0 saturated heterocycles. The number of carbonyl (C=O) groups excluding carboxylic acids is 1. The summed E-state index contributed by atoms with van der Waals surface area (Å²) >= 11 is 0. The van der Waals surface area contributed by atoms with Crippen LogP contribution in [-0.4, -0.2) is 28.9 Å². The SMILES string of the molecule is CC1=C(C[N+]2(N)C=CC=N2)C(=O)NC(C)(C2CC2)C1. The molecule has 0 bridgehead atoms. The van der Waals surface area contributed by atoms with Crippen LogP contribution < -0.4 is 11.2 Å². The van der Waals surface area contributed by atoms with Gasteiger partial charge in [-0.3, -0.25) is 4.79 Å². The first-order chi connectivity index (χ1) is 8.92. The van der Waals surface area contributed by atoms with Gasteiger partial charge in [0.2, 0.25) is 0 Å². The second-order valence-corrected chi connectivity index (χ2v) is 6.23. The number of allylic oxidation sites excluding steroid dienone is 1. The van der Waals surface area contributed by atoms with E-state index in [1.807, 2.05) is 13.0 Å². The summed E-state index contributed by atoms with van der Waals surface area (Å²) in [5.41, 5.74) is 1.87. The quantitative estimate of drug-likeness (QED) is 0.592. The van der Waals surface area contributed by atoms with E-state index >= 15 is 0 Å². The zero-order chi connectivity index (χ0) is 13.7. The maximum absolute atomic E-state index is 12.4. The van der Waals surface area contributed by atoms with E-state index < -0.39 is 0 Å². The number of rotatable bonds is 3. The van der Waals surface area contributed by atoms with Crippen LogP contribution in [0.2, 0.25) is 0 Å².